The zero-order chi connectivity index (χ0) is 9.61. The van der Waals surface area contributed by atoms with Crippen molar-refractivity contribution in [2.45, 2.75) is 52.9 Å². The minimum absolute atomic E-state index is 0. The van der Waals surface area contributed by atoms with E-state index in [1.807, 2.05) is 0 Å². The molecular formula is C10H20O2V. The van der Waals surface area contributed by atoms with Crippen molar-refractivity contribution in [2.75, 3.05) is 0 Å². The molecule has 0 aromatic rings. The van der Waals surface area contributed by atoms with Crippen LogP contribution in [0.5, 0.6) is 0 Å². The van der Waals surface area contributed by atoms with Gasteiger partial charge in [0.05, 0.1) is 0 Å². The maximum Gasteiger partial charge on any atom is 0.303 e. The smallest absolute Gasteiger partial charge is 0.303 e. The van der Waals surface area contributed by atoms with Crippen molar-refractivity contribution in [1.82, 2.24) is 0 Å². The molecule has 0 saturated carbocycles. The van der Waals surface area contributed by atoms with E-state index in [1.54, 1.807) is 0 Å². The van der Waals surface area contributed by atoms with Gasteiger partial charge in [-0.15, -0.1) is 0 Å². The molecule has 1 radical (unpaired) electrons. The van der Waals surface area contributed by atoms with Crippen molar-refractivity contribution in [3.63, 3.8) is 0 Å². The van der Waals surface area contributed by atoms with E-state index >= 15 is 0 Å². The number of carboxylic acid groups (broad SMARTS) is 1. The van der Waals surface area contributed by atoms with Gasteiger partial charge in [0, 0.05) is 25.0 Å². The van der Waals surface area contributed by atoms with Crippen LogP contribution in [0.2, 0.25) is 0 Å². The van der Waals surface area contributed by atoms with Gasteiger partial charge in [-0.2, -0.15) is 0 Å². The third-order valence-corrected chi connectivity index (χ3v) is 1.82. The van der Waals surface area contributed by atoms with Gasteiger partial charge >= 0.3 is 5.97 Å². The van der Waals surface area contributed by atoms with E-state index < -0.39 is 5.97 Å². The van der Waals surface area contributed by atoms with Crippen LogP contribution in [0.3, 0.4) is 0 Å². The Morgan fingerprint density at radius 1 is 1.15 bits per heavy atom. The van der Waals surface area contributed by atoms with E-state index in [-0.39, 0.29) is 18.6 Å². The molecule has 0 aromatic heterocycles. The predicted octanol–water partition coefficient (Wildman–Crippen LogP) is 3.07. The molecule has 0 heterocycles. The molecule has 0 aromatic carbocycles. The fourth-order valence-corrected chi connectivity index (χ4v) is 1.11. The monoisotopic (exact) mass is 223 g/mol. The Balaban J connectivity index is 0. The number of unbranched alkanes of at least 4 members (excludes halogenated alkanes) is 2. The van der Waals surface area contributed by atoms with Crippen molar-refractivity contribution in [3.05, 3.63) is 0 Å². The van der Waals surface area contributed by atoms with Crippen LogP contribution in [0.15, 0.2) is 0 Å². The van der Waals surface area contributed by atoms with Crippen LogP contribution in [-0.2, 0) is 23.4 Å². The first-order valence-electron chi connectivity index (χ1n) is 4.63. The van der Waals surface area contributed by atoms with Crippen LogP contribution in [0.4, 0.5) is 0 Å². The number of rotatable bonds is 5. The fraction of sp³-hybridized carbons (Fsp3) is 0.900. The first-order chi connectivity index (χ1) is 5.42. The van der Waals surface area contributed by atoms with Crippen LogP contribution in [0.1, 0.15) is 52.9 Å². The van der Waals surface area contributed by atoms with E-state index in [2.05, 4.69) is 20.8 Å². The molecule has 0 saturated heterocycles. The quantitative estimate of drug-likeness (QED) is 0.727. The Hall–Kier alpha value is 0.0544. The molecule has 0 aliphatic heterocycles. The van der Waals surface area contributed by atoms with Crippen molar-refractivity contribution < 1.29 is 28.5 Å². The molecule has 0 rings (SSSR count). The summed E-state index contributed by atoms with van der Waals surface area (Å²) in [6, 6.07) is 0. The summed E-state index contributed by atoms with van der Waals surface area (Å²) in [6.45, 7) is 6.64. The molecule has 0 unspecified atom stereocenters. The van der Waals surface area contributed by atoms with Gasteiger partial charge in [-0.05, 0) is 18.3 Å². The summed E-state index contributed by atoms with van der Waals surface area (Å²) in [5.74, 6) is -0.675. The van der Waals surface area contributed by atoms with Gasteiger partial charge in [-0.3, -0.25) is 4.79 Å². The van der Waals surface area contributed by atoms with E-state index in [4.69, 9.17) is 5.11 Å². The van der Waals surface area contributed by atoms with Crippen molar-refractivity contribution in [1.29, 1.82) is 0 Å². The molecule has 2 nitrogen and oxygen atoms in total. The van der Waals surface area contributed by atoms with Gasteiger partial charge < -0.3 is 5.11 Å². The van der Waals surface area contributed by atoms with Gasteiger partial charge in [0.25, 0.3) is 0 Å². The topological polar surface area (TPSA) is 37.3 Å². The molecule has 0 spiro atoms. The molecular weight excluding hydrogens is 203 g/mol. The number of aliphatic carboxylic acids is 1. The van der Waals surface area contributed by atoms with Gasteiger partial charge in [0.1, 0.15) is 0 Å². The normalized spacial score (nSPS) is 10.7. The van der Waals surface area contributed by atoms with Gasteiger partial charge in [-0.25, -0.2) is 0 Å². The molecule has 0 aliphatic carbocycles. The molecule has 77 valence electrons. The predicted molar refractivity (Wildman–Crippen MR) is 50.2 cm³/mol. The summed E-state index contributed by atoms with van der Waals surface area (Å²) in [5, 5.41) is 8.37. The molecule has 0 aliphatic rings. The minimum atomic E-state index is -0.675. The largest absolute Gasteiger partial charge is 0.481 e. The third-order valence-electron chi connectivity index (χ3n) is 1.82. The number of hydrogen-bond acceptors (Lipinski definition) is 1. The number of carboxylic acids is 1. The Morgan fingerprint density at radius 3 is 2.08 bits per heavy atom. The van der Waals surface area contributed by atoms with Crippen molar-refractivity contribution in [3.8, 4) is 0 Å². The first-order valence-corrected chi connectivity index (χ1v) is 4.63. The second-order valence-corrected chi connectivity index (χ2v) is 4.52. The van der Waals surface area contributed by atoms with Crippen molar-refractivity contribution >= 4 is 5.97 Å². The molecule has 0 amide bonds. The Bertz CT molecular complexity index is 138. The van der Waals surface area contributed by atoms with Crippen molar-refractivity contribution in [2.24, 2.45) is 5.41 Å². The standard InChI is InChI=1S/C10H20O2.V/c1-10(2,3)8-6-4-5-7-9(11)12;/h4-8H2,1-3H3,(H,11,12);. The van der Waals surface area contributed by atoms with Gasteiger partial charge in [0.15, 0.2) is 0 Å². The van der Waals surface area contributed by atoms with E-state index in [0.29, 0.717) is 11.8 Å². The summed E-state index contributed by atoms with van der Waals surface area (Å²) >= 11 is 0. The van der Waals surface area contributed by atoms with E-state index in [0.717, 1.165) is 19.3 Å². The molecule has 0 bridgehead atoms. The van der Waals surface area contributed by atoms with Crippen LogP contribution < -0.4 is 0 Å². The SMILES string of the molecule is CC(C)(C)CCCCCC(=O)O.[V]. The molecule has 0 atom stereocenters. The second kappa shape index (κ2) is 7.46. The maximum absolute atomic E-state index is 10.2. The van der Waals surface area contributed by atoms with E-state index in [9.17, 15) is 4.79 Å². The Morgan fingerprint density at radius 2 is 1.69 bits per heavy atom. The summed E-state index contributed by atoms with van der Waals surface area (Å²) < 4.78 is 0. The number of hydrogen-bond donors (Lipinski definition) is 1. The van der Waals surface area contributed by atoms with Crippen LogP contribution in [0, 0.1) is 5.41 Å². The average Bonchev–Trinajstić information content (AvgIpc) is 1.83. The van der Waals surface area contributed by atoms with Crippen LogP contribution >= 0.6 is 0 Å². The van der Waals surface area contributed by atoms with Gasteiger partial charge in [-0.1, -0.05) is 33.6 Å². The molecule has 13 heavy (non-hydrogen) atoms. The number of carbonyl (C=O) groups is 1. The Labute approximate surface area is 93.0 Å². The molecule has 1 N–H and O–H groups in total. The zero-order valence-corrected chi connectivity index (χ0v) is 10.2. The van der Waals surface area contributed by atoms with Crippen LogP contribution in [-0.4, -0.2) is 11.1 Å². The summed E-state index contributed by atoms with van der Waals surface area (Å²) in [4.78, 5) is 10.2. The summed E-state index contributed by atoms with van der Waals surface area (Å²) in [6.07, 6.45) is 4.53. The first kappa shape index (κ1) is 15.5. The zero-order valence-electron chi connectivity index (χ0n) is 8.84. The average molecular weight is 223 g/mol. The minimum Gasteiger partial charge on any atom is -0.481 e. The van der Waals surface area contributed by atoms with Crippen LogP contribution in [0.25, 0.3) is 0 Å². The Kier molecular flexibility index (Phi) is 8.90. The van der Waals surface area contributed by atoms with E-state index in [1.165, 1.54) is 6.42 Å². The fourth-order valence-electron chi connectivity index (χ4n) is 1.11. The third kappa shape index (κ3) is 14.9. The summed E-state index contributed by atoms with van der Waals surface area (Å²) in [5.41, 5.74) is 0.392. The molecule has 3 heteroatoms. The van der Waals surface area contributed by atoms with Gasteiger partial charge in [0.2, 0.25) is 0 Å². The summed E-state index contributed by atoms with van der Waals surface area (Å²) in [7, 11) is 0. The second-order valence-electron chi connectivity index (χ2n) is 4.52. The molecule has 0 fully saturated rings. The maximum atomic E-state index is 10.2.